The summed E-state index contributed by atoms with van der Waals surface area (Å²) >= 11 is 0.916. The van der Waals surface area contributed by atoms with Crippen molar-refractivity contribution in [3.05, 3.63) is 28.5 Å². The molecule has 1 saturated heterocycles. The number of aryl methyl sites for hydroxylation is 1. The molecule has 1 unspecified atom stereocenters. The minimum absolute atomic E-state index is 0.0237. The van der Waals surface area contributed by atoms with Crippen molar-refractivity contribution >= 4 is 17.2 Å². The Morgan fingerprint density at radius 3 is 2.67 bits per heavy atom. The van der Waals surface area contributed by atoms with Gasteiger partial charge in [-0.05, 0) is 31.7 Å². The number of carbonyl (C=O) groups excluding carboxylic acids is 1. The zero-order chi connectivity index (χ0) is 19.8. The first-order valence-corrected chi connectivity index (χ1v) is 9.26. The monoisotopic (exact) mass is 404 g/mol. The molecule has 27 heavy (non-hydrogen) atoms. The summed E-state index contributed by atoms with van der Waals surface area (Å²) in [5.41, 5.74) is -0.667. The van der Waals surface area contributed by atoms with Gasteiger partial charge in [-0.3, -0.25) is 4.79 Å². The van der Waals surface area contributed by atoms with Crippen molar-refractivity contribution < 1.29 is 28.2 Å². The lowest BCUT2D eigenvalue weighted by Crippen LogP contribution is -2.42. The quantitative estimate of drug-likeness (QED) is 0.812. The number of alkyl halides is 3. The predicted molar refractivity (Wildman–Crippen MR) is 90.7 cm³/mol. The van der Waals surface area contributed by atoms with E-state index in [9.17, 15) is 23.1 Å². The maximum Gasteiger partial charge on any atom is 0.433 e. The van der Waals surface area contributed by atoms with Gasteiger partial charge in [-0.25, -0.2) is 9.67 Å². The summed E-state index contributed by atoms with van der Waals surface area (Å²) < 4.78 is 40.1. The number of nitrogens with zero attached hydrogens (tertiary/aromatic N) is 4. The molecule has 1 aliphatic rings. The van der Waals surface area contributed by atoms with E-state index < -0.39 is 18.0 Å². The zero-order valence-electron chi connectivity index (χ0n) is 14.5. The summed E-state index contributed by atoms with van der Waals surface area (Å²) in [7, 11) is 0. The van der Waals surface area contributed by atoms with Gasteiger partial charge >= 0.3 is 6.18 Å². The molecule has 1 aliphatic heterocycles. The van der Waals surface area contributed by atoms with Gasteiger partial charge in [0.1, 0.15) is 5.69 Å². The first kappa shape index (κ1) is 19.8. The molecule has 0 aromatic carbocycles. The Labute approximate surface area is 157 Å². The number of halogens is 3. The van der Waals surface area contributed by atoms with Crippen molar-refractivity contribution in [2.45, 2.75) is 32.0 Å². The molecular formula is C16H19F3N4O3S. The Bertz CT molecular complexity index is 812. The van der Waals surface area contributed by atoms with E-state index in [1.54, 1.807) is 4.90 Å². The highest BCUT2D eigenvalue weighted by Crippen LogP contribution is 2.32. The Balaban J connectivity index is 1.74. The van der Waals surface area contributed by atoms with Crippen LogP contribution in [0.25, 0.3) is 5.13 Å². The zero-order valence-corrected chi connectivity index (χ0v) is 15.3. The summed E-state index contributed by atoms with van der Waals surface area (Å²) in [6.07, 6.45) is -4.30. The van der Waals surface area contributed by atoms with Crippen LogP contribution in [0.1, 0.15) is 34.7 Å². The number of hydrogen-bond acceptors (Lipinski definition) is 6. The van der Waals surface area contributed by atoms with Crippen LogP contribution in [0.15, 0.2) is 11.4 Å². The number of thiazole rings is 1. The fourth-order valence-corrected chi connectivity index (χ4v) is 3.87. The van der Waals surface area contributed by atoms with E-state index in [4.69, 9.17) is 5.11 Å². The fourth-order valence-electron chi connectivity index (χ4n) is 3.11. The van der Waals surface area contributed by atoms with Gasteiger partial charge in [0.2, 0.25) is 5.13 Å². The Morgan fingerprint density at radius 2 is 2.07 bits per heavy atom. The topological polar surface area (TPSA) is 91.5 Å². The summed E-state index contributed by atoms with van der Waals surface area (Å²) in [6, 6.07) is 0.931. The number of rotatable bonds is 4. The highest BCUT2D eigenvalue weighted by molar-refractivity contribution is 7.12. The molecule has 0 aliphatic carbocycles. The number of likely N-dealkylation sites (tertiary alicyclic amines) is 1. The first-order valence-electron chi connectivity index (χ1n) is 8.38. The average molecular weight is 404 g/mol. The second-order valence-corrected chi connectivity index (χ2v) is 7.31. The number of aromatic nitrogens is 3. The first-order chi connectivity index (χ1) is 12.7. The molecule has 0 bridgehead atoms. The van der Waals surface area contributed by atoms with Crippen LogP contribution in [-0.4, -0.2) is 61.6 Å². The van der Waals surface area contributed by atoms with E-state index in [0.717, 1.165) is 17.4 Å². The molecule has 0 saturated carbocycles. The summed E-state index contributed by atoms with van der Waals surface area (Å²) in [5.74, 6) is -0.446. The van der Waals surface area contributed by atoms with E-state index in [0.29, 0.717) is 30.6 Å². The van der Waals surface area contributed by atoms with Gasteiger partial charge in [0, 0.05) is 18.5 Å². The van der Waals surface area contributed by atoms with Crippen LogP contribution in [0.4, 0.5) is 13.2 Å². The van der Waals surface area contributed by atoms with Crippen LogP contribution in [0.3, 0.4) is 0 Å². The molecule has 1 atom stereocenters. The number of piperidine rings is 1. The van der Waals surface area contributed by atoms with Crippen molar-refractivity contribution in [3.8, 4) is 5.13 Å². The molecule has 1 fully saturated rings. The van der Waals surface area contributed by atoms with E-state index in [1.165, 1.54) is 12.3 Å². The highest BCUT2D eigenvalue weighted by Gasteiger charge is 2.37. The SMILES string of the molecule is Cc1cc(C(F)(F)F)n(-c2nc(C(=O)N3CCC(C(O)CO)CC3)cs2)n1. The van der Waals surface area contributed by atoms with Crippen molar-refractivity contribution in [2.24, 2.45) is 5.92 Å². The standard InChI is InChI=1S/C16H19F3N4O3S/c1-9-6-13(16(17,18)19)23(21-9)15-20-11(8-27-15)14(26)22-4-2-10(3-5-22)12(25)7-24/h6,8,10,12,24-25H,2-5,7H2,1H3. The second-order valence-electron chi connectivity index (χ2n) is 6.48. The van der Waals surface area contributed by atoms with Gasteiger partial charge in [-0.1, -0.05) is 0 Å². The Hall–Kier alpha value is -1.98. The maximum atomic E-state index is 13.1. The predicted octanol–water partition coefficient (Wildman–Crippen LogP) is 1.86. The van der Waals surface area contributed by atoms with Gasteiger partial charge < -0.3 is 15.1 Å². The molecule has 3 rings (SSSR count). The Kier molecular flexibility index (Phi) is 5.54. The number of hydrogen-bond donors (Lipinski definition) is 2. The largest absolute Gasteiger partial charge is 0.433 e. The fraction of sp³-hybridized carbons (Fsp3) is 0.562. The second kappa shape index (κ2) is 7.56. The number of aliphatic hydroxyl groups is 2. The molecule has 1 amide bonds. The molecule has 0 radical (unpaired) electrons. The van der Waals surface area contributed by atoms with E-state index in [-0.39, 0.29) is 35.0 Å². The van der Waals surface area contributed by atoms with Gasteiger partial charge in [-0.15, -0.1) is 11.3 Å². The van der Waals surface area contributed by atoms with Crippen LogP contribution in [-0.2, 0) is 6.18 Å². The van der Waals surface area contributed by atoms with Crippen molar-refractivity contribution in [2.75, 3.05) is 19.7 Å². The smallest absolute Gasteiger partial charge is 0.394 e. The lowest BCUT2D eigenvalue weighted by atomic mass is 9.91. The number of amides is 1. The number of aliphatic hydroxyl groups excluding tert-OH is 2. The molecule has 0 spiro atoms. The molecule has 2 aromatic heterocycles. The minimum Gasteiger partial charge on any atom is -0.394 e. The van der Waals surface area contributed by atoms with E-state index in [1.807, 2.05) is 0 Å². The normalized spacial score (nSPS) is 17.3. The van der Waals surface area contributed by atoms with E-state index in [2.05, 4.69) is 10.1 Å². The van der Waals surface area contributed by atoms with Gasteiger partial charge in [0.15, 0.2) is 5.69 Å². The molecule has 3 heterocycles. The number of carbonyl (C=O) groups is 1. The minimum atomic E-state index is -4.58. The van der Waals surface area contributed by atoms with Gasteiger partial charge in [0.05, 0.1) is 18.4 Å². The van der Waals surface area contributed by atoms with Crippen molar-refractivity contribution in [1.29, 1.82) is 0 Å². The Morgan fingerprint density at radius 1 is 1.41 bits per heavy atom. The third-order valence-electron chi connectivity index (χ3n) is 4.57. The molecule has 148 valence electrons. The molecular weight excluding hydrogens is 385 g/mol. The average Bonchev–Trinajstić information content (AvgIpc) is 3.27. The summed E-state index contributed by atoms with van der Waals surface area (Å²) in [4.78, 5) is 18.2. The lowest BCUT2D eigenvalue weighted by molar-refractivity contribution is -0.142. The molecule has 2 aromatic rings. The van der Waals surface area contributed by atoms with E-state index >= 15 is 0 Å². The van der Waals surface area contributed by atoms with Crippen molar-refractivity contribution in [1.82, 2.24) is 19.7 Å². The molecule has 11 heteroatoms. The highest BCUT2D eigenvalue weighted by atomic mass is 32.1. The maximum absolute atomic E-state index is 13.1. The molecule has 2 N–H and O–H groups in total. The van der Waals surface area contributed by atoms with Gasteiger partial charge in [-0.2, -0.15) is 18.3 Å². The van der Waals surface area contributed by atoms with Crippen LogP contribution in [0, 0.1) is 12.8 Å². The van der Waals surface area contributed by atoms with Crippen LogP contribution < -0.4 is 0 Å². The third kappa shape index (κ3) is 4.14. The van der Waals surface area contributed by atoms with Crippen molar-refractivity contribution in [3.63, 3.8) is 0 Å². The lowest BCUT2D eigenvalue weighted by Gasteiger charge is -2.33. The summed E-state index contributed by atoms with van der Waals surface area (Å²) in [6.45, 7) is 1.92. The van der Waals surface area contributed by atoms with Gasteiger partial charge in [0.25, 0.3) is 5.91 Å². The third-order valence-corrected chi connectivity index (χ3v) is 5.39. The van der Waals surface area contributed by atoms with Crippen LogP contribution >= 0.6 is 11.3 Å². The molecule has 7 nitrogen and oxygen atoms in total. The van der Waals surface area contributed by atoms with Crippen LogP contribution in [0.2, 0.25) is 0 Å². The summed E-state index contributed by atoms with van der Waals surface area (Å²) in [5, 5.41) is 23.9. The van der Waals surface area contributed by atoms with Crippen LogP contribution in [0.5, 0.6) is 0 Å².